The molecule has 0 bridgehead atoms. The molecule has 0 saturated heterocycles. The van der Waals surface area contributed by atoms with Crippen LogP contribution in [0, 0.1) is 24.0 Å². The predicted molar refractivity (Wildman–Crippen MR) is 191 cm³/mol. The van der Waals surface area contributed by atoms with Gasteiger partial charge in [0.2, 0.25) is 0 Å². The smallest absolute Gasteiger partial charge is 0.292 e. The van der Waals surface area contributed by atoms with Crippen molar-refractivity contribution in [1.82, 2.24) is 19.5 Å². The highest BCUT2D eigenvalue weighted by Crippen LogP contribution is 2.31. The number of ether oxygens (including phenoxy) is 1. The van der Waals surface area contributed by atoms with E-state index in [1.807, 2.05) is 26.0 Å². The Morgan fingerprint density at radius 1 is 0.900 bits per heavy atom. The number of nitrogens with one attached hydrogen (secondary N) is 2. The zero-order valence-electron chi connectivity index (χ0n) is 26.6. The summed E-state index contributed by atoms with van der Waals surface area (Å²) in [5, 5.41) is 20.6. The number of rotatable bonds is 11. The van der Waals surface area contributed by atoms with Crippen LogP contribution in [-0.4, -0.2) is 34.0 Å². The molecule has 0 aliphatic heterocycles. The number of sulfonamides is 1. The summed E-state index contributed by atoms with van der Waals surface area (Å²) in [4.78, 5) is 28.4. The van der Waals surface area contributed by atoms with Gasteiger partial charge in [0.1, 0.15) is 22.9 Å². The number of anilines is 1. The first-order valence-corrected chi connectivity index (χ1v) is 17.3. The van der Waals surface area contributed by atoms with E-state index in [0.717, 1.165) is 40.5 Å². The average molecular weight is 732 g/mol. The maximum absolute atomic E-state index is 13.8. The number of pyridine rings is 1. The molecule has 50 heavy (non-hydrogen) atoms. The van der Waals surface area contributed by atoms with Crippen LogP contribution < -0.4 is 14.8 Å². The summed E-state index contributed by atoms with van der Waals surface area (Å²) in [6.07, 6.45) is 3.13. The average Bonchev–Trinajstić information content (AvgIpc) is 3.44. The number of aryl methyl sites for hydroxylation is 2. The van der Waals surface area contributed by atoms with Gasteiger partial charge in [-0.05, 0) is 103 Å². The molecule has 15 heteroatoms. The number of hydrogen-bond acceptors (Lipinski definition) is 9. The third-order valence-electron chi connectivity index (χ3n) is 7.75. The summed E-state index contributed by atoms with van der Waals surface area (Å²) in [7, 11) is -4.51. The van der Waals surface area contributed by atoms with E-state index in [1.165, 1.54) is 4.68 Å². The summed E-state index contributed by atoms with van der Waals surface area (Å²) < 4.78 is 36.6. The van der Waals surface area contributed by atoms with Gasteiger partial charge in [-0.25, -0.2) is 13.1 Å². The Morgan fingerprint density at radius 3 is 2.28 bits per heavy atom. The Balaban J connectivity index is 1.26. The van der Waals surface area contributed by atoms with Crippen LogP contribution in [0.5, 0.6) is 11.5 Å². The van der Waals surface area contributed by atoms with Gasteiger partial charge in [0, 0.05) is 40.4 Å². The van der Waals surface area contributed by atoms with Gasteiger partial charge in [0.05, 0.1) is 21.9 Å². The standard InChI is InChI=1S/C35H28Cl2N6O6S/c1-21-15-27(16-22(2)33(21)37)49-26-6-3-24(4-7-26)20-42-34(29-9-5-25(36)17-30(29)40-42)35(44)41-50(47,48)28-8-10-32(43(45)46)31(18-28)39-19-23-11-13-38-14-12-23/h3-18,39H,19-20H2,1-2H3,(H,41,44). The summed E-state index contributed by atoms with van der Waals surface area (Å²) in [5.74, 6) is 0.263. The molecular weight excluding hydrogens is 703 g/mol. The molecule has 0 atom stereocenters. The van der Waals surface area contributed by atoms with Gasteiger partial charge in [0.15, 0.2) is 0 Å². The van der Waals surface area contributed by atoms with Crippen LogP contribution in [0.4, 0.5) is 11.4 Å². The topological polar surface area (TPSA) is 158 Å². The van der Waals surface area contributed by atoms with Crippen LogP contribution in [0.1, 0.15) is 32.7 Å². The van der Waals surface area contributed by atoms with Gasteiger partial charge in [-0.1, -0.05) is 35.3 Å². The lowest BCUT2D eigenvalue weighted by atomic mass is 10.1. The SMILES string of the molecule is Cc1cc(Oc2ccc(Cn3nc4cc(Cl)ccc4c3C(=O)NS(=O)(=O)c3ccc([N+](=O)[O-])c(NCc4ccncc4)c3)cc2)cc(C)c1Cl. The van der Waals surface area contributed by atoms with Crippen LogP contribution in [0.3, 0.4) is 0 Å². The number of fused-ring (bicyclic) bond motifs is 1. The second kappa shape index (κ2) is 14.2. The van der Waals surface area contributed by atoms with Crippen LogP contribution in [0.15, 0.2) is 102 Å². The Hall–Kier alpha value is -5.50. The molecule has 0 aliphatic carbocycles. The third-order valence-corrected chi connectivity index (χ3v) is 9.91. The van der Waals surface area contributed by atoms with E-state index < -0.39 is 20.9 Å². The third kappa shape index (κ3) is 7.54. The number of benzene rings is 4. The van der Waals surface area contributed by atoms with E-state index in [4.69, 9.17) is 27.9 Å². The number of nitro benzene ring substituents is 1. The molecule has 2 aromatic heterocycles. The van der Waals surface area contributed by atoms with Crippen LogP contribution in [0.25, 0.3) is 10.9 Å². The lowest BCUT2D eigenvalue weighted by Crippen LogP contribution is -2.32. The van der Waals surface area contributed by atoms with Gasteiger partial charge in [-0.15, -0.1) is 0 Å². The summed E-state index contributed by atoms with van der Waals surface area (Å²) in [5.41, 5.74) is 3.28. The maximum atomic E-state index is 13.8. The molecule has 6 aromatic rings. The number of amides is 1. The first-order valence-electron chi connectivity index (χ1n) is 15.1. The number of halogens is 2. The van der Waals surface area contributed by atoms with Crippen molar-refractivity contribution in [3.05, 3.63) is 145 Å². The quantitative estimate of drug-likeness (QED) is 0.100. The normalized spacial score (nSPS) is 11.4. The molecule has 6 rings (SSSR count). The molecule has 0 fully saturated rings. The number of nitro groups is 1. The first kappa shape index (κ1) is 34.4. The maximum Gasteiger partial charge on any atom is 0.292 e. The van der Waals surface area contributed by atoms with E-state index >= 15 is 0 Å². The second-order valence-electron chi connectivity index (χ2n) is 11.4. The molecular formula is C35H28Cl2N6O6S. The lowest BCUT2D eigenvalue weighted by molar-refractivity contribution is -0.384. The minimum Gasteiger partial charge on any atom is -0.457 e. The zero-order valence-corrected chi connectivity index (χ0v) is 28.9. The van der Waals surface area contributed by atoms with Gasteiger partial charge in [-0.2, -0.15) is 5.10 Å². The Kier molecular flexibility index (Phi) is 9.73. The minimum absolute atomic E-state index is 0.0226. The molecule has 2 N–H and O–H groups in total. The van der Waals surface area contributed by atoms with Crippen molar-refractivity contribution in [3.63, 3.8) is 0 Å². The number of carbonyl (C=O) groups excluding carboxylic acids is 1. The summed E-state index contributed by atoms with van der Waals surface area (Å²) >= 11 is 12.5. The number of hydrogen-bond donors (Lipinski definition) is 2. The van der Waals surface area contributed by atoms with Gasteiger partial charge in [0.25, 0.3) is 21.6 Å². The molecule has 4 aromatic carbocycles. The summed E-state index contributed by atoms with van der Waals surface area (Å²) in [6.45, 7) is 4.07. The van der Waals surface area contributed by atoms with Crippen molar-refractivity contribution in [1.29, 1.82) is 0 Å². The highest BCUT2D eigenvalue weighted by Gasteiger charge is 2.27. The van der Waals surface area contributed by atoms with E-state index in [9.17, 15) is 23.3 Å². The number of aromatic nitrogens is 3. The fourth-order valence-electron chi connectivity index (χ4n) is 5.31. The van der Waals surface area contributed by atoms with E-state index in [0.29, 0.717) is 32.4 Å². The molecule has 0 unspecified atom stereocenters. The van der Waals surface area contributed by atoms with Gasteiger partial charge >= 0.3 is 0 Å². The molecule has 1 amide bonds. The molecule has 0 aliphatic rings. The van der Waals surface area contributed by atoms with Crippen molar-refractivity contribution in [2.45, 2.75) is 31.8 Å². The first-order chi connectivity index (χ1) is 23.9. The minimum atomic E-state index is -4.51. The molecule has 254 valence electrons. The summed E-state index contributed by atoms with van der Waals surface area (Å²) in [6, 6.07) is 22.3. The van der Waals surface area contributed by atoms with Crippen molar-refractivity contribution >= 4 is 61.4 Å². The van der Waals surface area contributed by atoms with E-state index in [1.54, 1.807) is 67.0 Å². The Bertz CT molecular complexity index is 2340. The molecule has 0 radical (unpaired) electrons. The predicted octanol–water partition coefficient (Wildman–Crippen LogP) is 7.83. The fourth-order valence-corrected chi connectivity index (χ4v) is 6.56. The molecule has 2 heterocycles. The number of carbonyl (C=O) groups is 1. The molecule has 12 nitrogen and oxygen atoms in total. The molecule has 0 saturated carbocycles. The Labute approximate surface area is 296 Å². The van der Waals surface area contributed by atoms with Crippen molar-refractivity contribution in [2.75, 3.05) is 5.32 Å². The fraction of sp³-hybridized carbons (Fsp3) is 0.114. The largest absolute Gasteiger partial charge is 0.457 e. The van der Waals surface area contributed by atoms with Gasteiger partial charge in [-0.3, -0.25) is 24.6 Å². The molecule has 0 spiro atoms. The monoisotopic (exact) mass is 730 g/mol. The zero-order chi connectivity index (χ0) is 35.6. The van der Waals surface area contributed by atoms with Gasteiger partial charge < -0.3 is 10.1 Å². The van der Waals surface area contributed by atoms with Crippen molar-refractivity contribution in [2.24, 2.45) is 0 Å². The lowest BCUT2D eigenvalue weighted by Gasteiger charge is -2.12. The highest BCUT2D eigenvalue weighted by atomic mass is 35.5. The van der Waals surface area contributed by atoms with Crippen LogP contribution in [0.2, 0.25) is 10.0 Å². The van der Waals surface area contributed by atoms with E-state index in [-0.39, 0.29) is 35.1 Å². The van der Waals surface area contributed by atoms with Crippen molar-refractivity contribution in [3.8, 4) is 11.5 Å². The Morgan fingerprint density at radius 2 is 1.60 bits per heavy atom. The highest BCUT2D eigenvalue weighted by molar-refractivity contribution is 7.90. The van der Waals surface area contributed by atoms with Crippen LogP contribution in [-0.2, 0) is 23.1 Å². The van der Waals surface area contributed by atoms with E-state index in [2.05, 4.69) is 20.1 Å². The number of nitrogens with zero attached hydrogens (tertiary/aromatic N) is 4. The van der Waals surface area contributed by atoms with Crippen LogP contribution >= 0.6 is 23.2 Å². The van der Waals surface area contributed by atoms with Crippen molar-refractivity contribution < 1.29 is 22.9 Å². The second-order valence-corrected chi connectivity index (χ2v) is 13.9.